The van der Waals surface area contributed by atoms with Crippen LogP contribution < -0.4 is 5.56 Å². The van der Waals surface area contributed by atoms with Crippen molar-refractivity contribution in [2.24, 2.45) is 0 Å². The van der Waals surface area contributed by atoms with E-state index in [0.29, 0.717) is 47.5 Å². The van der Waals surface area contributed by atoms with Crippen molar-refractivity contribution in [2.75, 3.05) is 13.1 Å². The van der Waals surface area contributed by atoms with Gasteiger partial charge in [0.15, 0.2) is 0 Å². The summed E-state index contributed by atoms with van der Waals surface area (Å²) in [5, 5.41) is 16.7. The normalized spacial score (nSPS) is 17.2. The molecule has 1 aliphatic rings. The maximum absolute atomic E-state index is 12.9. The Morgan fingerprint density at radius 3 is 2.65 bits per heavy atom. The third kappa shape index (κ3) is 2.66. The van der Waals surface area contributed by atoms with Crippen molar-refractivity contribution in [3.63, 3.8) is 0 Å². The Morgan fingerprint density at radius 1 is 1.27 bits per heavy atom. The number of piperidine rings is 1. The van der Waals surface area contributed by atoms with Gasteiger partial charge in [-0.25, -0.2) is 13.1 Å². The molecule has 138 valence electrons. The Balaban J connectivity index is 1.57. The van der Waals surface area contributed by atoms with E-state index in [0.717, 1.165) is 0 Å². The Hall–Kier alpha value is -2.11. The number of sulfonamides is 1. The molecule has 3 aromatic rings. The third-order valence-electron chi connectivity index (χ3n) is 4.72. The predicted octanol–water partition coefficient (Wildman–Crippen LogP) is 1.22. The van der Waals surface area contributed by atoms with E-state index in [1.807, 2.05) is 5.38 Å². The molecule has 0 aliphatic carbocycles. The molecule has 9 nitrogen and oxygen atoms in total. The number of aromatic nitrogens is 5. The first-order chi connectivity index (χ1) is 12.4. The summed E-state index contributed by atoms with van der Waals surface area (Å²) in [5.74, 6) is 0. The number of hydrogen-bond donors (Lipinski definition) is 1. The van der Waals surface area contributed by atoms with E-state index in [4.69, 9.17) is 0 Å². The zero-order valence-corrected chi connectivity index (χ0v) is 16.0. The van der Waals surface area contributed by atoms with E-state index in [1.54, 1.807) is 19.9 Å². The summed E-state index contributed by atoms with van der Waals surface area (Å²) in [6, 6.07) is 1.61. The van der Waals surface area contributed by atoms with Crippen molar-refractivity contribution in [1.29, 1.82) is 0 Å². The van der Waals surface area contributed by atoms with Crippen LogP contribution in [0.25, 0.3) is 10.2 Å². The highest BCUT2D eigenvalue weighted by molar-refractivity contribution is 7.89. The molecule has 1 aliphatic heterocycles. The highest BCUT2D eigenvalue weighted by atomic mass is 32.2. The van der Waals surface area contributed by atoms with Gasteiger partial charge in [0.25, 0.3) is 5.56 Å². The SMILES string of the molecule is Cc1n[nH]c(C)c1S(=O)(=O)N1CCC(n2nnc3ccsc3c2=O)CC1. The number of hydrogen-bond acceptors (Lipinski definition) is 7. The van der Waals surface area contributed by atoms with E-state index in [2.05, 4.69) is 20.5 Å². The second-order valence-corrected chi connectivity index (χ2v) is 9.16. The minimum Gasteiger partial charge on any atom is -0.281 e. The van der Waals surface area contributed by atoms with E-state index >= 15 is 0 Å². The van der Waals surface area contributed by atoms with E-state index in [-0.39, 0.29) is 16.5 Å². The van der Waals surface area contributed by atoms with E-state index in [1.165, 1.54) is 20.3 Å². The molecule has 0 radical (unpaired) electrons. The minimum atomic E-state index is -3.60. The lowest BCUT2D eigenvalue weighted by atomic mass is 10.1. The van der Waals surface area contributed by atoms with Crippen LogP contribution in [0.5, 0.6) is 0 Å². The molecule has 0 spiro atoms. The summed E-state index contributed by atoms with van der Waals surface area (Å²) < 4.78 is 29.3. The lowest BCUT2D eigenvalue weighted by molar-refractivity contribution is 0.251. The monoisotopic (exact) mass is 394 g/mol. The number of aromatic amines is 1. The number of nitrogens with zero attached hydrogens (tertiary/aromatic N) is 5. The van der Waals surface area contributed by atoms with Crippen LogP contribution in [0, 0.1) is 13.8 Å². The van der Waals surface area contributed by atoms with Crippen LogP contribution in [0.3, 0.4) is 0 Å². The molecule has 0 bridgehead atoms. The van der Waals surface area contributed by atoms with Gasteiger partial charge in [-0.2, -0.15) is 9.40 Å². The van der Waals surface area contributed by atoms with Crippen molar-refractivity contribution < 1.29 is 8.42 Å². The van der Waals surface area contributed by atoms with Gasteiger partial charge in [0.05, 0.1) is 17.4 Å². The zero-order chi connectivity index (χ0) is 18.5. The molecular weight excluding hydrogens is 376 g/mol. The number of rotatable bonds is 3. The van der Waals surface area contributed by atoms with E-state index < -0.39 is 10.0 Å². The Kier molecular flexibility index (Phi) is 4.16. The van der Waals surface area contributed by atoms with Crippen molar-refractivity contribution in [2.45, 2.75) is 37.6 Å². The van der Waals surface area contributed by atoms with Gasteiger partial charge < -0.3 is 0 Å². The molecule has 0 aromatic carbocycles. The predicted molar refractivity (Wildman–Crippen MR) is 96.8 cm³/mol. The minimum absolute atomic E-state index is 0.153. The first-order valence-corrected chi connectivity index (χ1v) is 10.6. The van der Waals surface area contributed by atoms with Gasteiger partial charge in [-0.3, -0.25) is 9.89 Å². The standard InChI is InChI=1S/C15H18N6O3S2/c1-9-14(10(2)17-16-9)26(23,24)20-6-3-11(4-7-20)21-15(22)13-12(18-19-21)5-8-25-13/h5,8,11H,3-4,6-7H2,1-2H3,(H,16,17). The number of H-pyrrole nitrogens is 1. The summed E-state index contributed by atoms with van der Waals surface area (Å²) in [7, 11) is -3.60. The van der Waals surface area contributed by atoms with Gasteiger partial charge in [0.2, 0.25) is 10.0 Å². The first kappa shape index (κ1) is 17.3. The summed E-state index contributed by atoms with van der Waals surface area (Å²) in [4.78, 5) is 12.8. The molecule has 1 fully saturated rings. The van der Waals surface area contributed by atoms with Crippen molar-refractivity contribution in [3.8, 4) is 0 Å². The van der Waals surface area contributed by atoms with Crippen LogP contribution in [0.15, 0.2) is 21.1 Å². The molecule has 4 rings (SSSR count). The summed E-state index contributed by atoms with van der Waals surface area (Å²) in [6.45, 7) is 4.03. The number of nitrogens with one attached hydrogen (secondary N) is 1. The molecule has 1 N–H and O–H groups in total. The second kappa shape index (κ2) is 6.25. The topological polar surface area (TPSA) is 114 Å². The largest absolute Gasteiger partial charge is 0.287 e. The lowest BCUT2D eigenvalue weighted by Gasteiger charge is -2.31. The van der Waals surface area contributed by atoms with Crippen molar-refractivity contribution in [1.82, 2.24) is 29.5 Å². The van der Waals surface area contributed by atoms with Gasteiger partial charge in [0.1, 0.15) is 15.1 Å². The quantitative estimate of drug-likeness (QED) is 0.714. The zero-order valence-electron chi connectivity index (χ0n) is 14.3. The van der Waals surface area contributed by atoms with Crippen LogP contribution in [0.2, 0.25) is 0 Å². The molecule has 1 saturated heterocycles. The van der Waals surface area contributed by atoms with Crippen molar-refractivity contribution in [3.05, 3.63) is 33.2 Å². The lowest BCUT2D eigenvalue weighted by Crippen LogP contribution is -2.41. The van der Waals surface area contributed by atoms with Crippen LogP contribution in [-0.4, -0.2) is 51.0 Å². The third-order valence-corrected chi connectivity index (χ3v) is 7.78. The molecule has 11 heteroatoms. The summed E-state index contributed by atoms with van der Waals surface area (Å²) in [6.07, 6.45) is 1.03. The maximum atomic E-state index is 12.9. The fourth-order valence-electron chi connectivity index (χ4n) is 3.40. The Labute approximate surface area is 153 Å². The highest BCUT2D eigenvalue weighted by Gasteiger charge is 2.34. The van der Waals surface area contributed by atoms with Gasteiger partial charge in [-0.15, -0.1) is 16.4 Å². The van der Waals surface area contributed by atoms with Gasteiger partial charge in [0, 0.05) is 13.1 Å². The molecule has 26 heavy (non-hydrogen) atoms. The average Bonchev–Trinajstić information content (AvgIpc) is 3.22. The summed E-state index contributed by atoms with van der Waals surface area (Å²) >= 11 is 1.35. The van der Waals surface area contributed by atoms with E-state index in [9.17, 15) is 13.2 Å². The fraction of sp³-hybridized carbons (Fsp3) is 0.467. The van der Waals surface area contributed by atoms with Crippen LogP contribution in [0.4, 0.5) is 0 Å². The molecule has 0 unspecified atom stereocenters. The fourth-order valence-corrected chi connectivity index (χ4v) is 5.96. The molecule has 0 amide bonds. The van der Waals surface area contributed by atoms with Crippen molar-refractivity contribution >= 4 is 31.6 Å². The Morgan fingerprint density at radius 2 is 2.00 bits per heavy atom. The second-order valence-electron chi connectivity index (χ2n) is 6.37. The molecule has 4 heterocycles. The first-order valence-electron chi connectivity index (χ1n) is 8.24. The van der Waals surface area contributed by atoms with Crippen LogP contribution >= 0.6 is 11.3 Å². The average molecular weight is 394 g/mol. The van der Waals surface area contributed by atoms with Gasteiger partial charge in [-0.05, 0) is 38.1 Å². The molecule has 3 aromatic heterocycles. The van der Waals surface area contributed by atoms with Gasteiger partial charge in [-0.1, -0.05) is 5.21 Å². The number of aryl methyl sites for hydroxylation is 2. The smallest absolute Gasteiger partial charge is 0.281 e. The van der Waals surface area contributed by atoms with Crippen LogP contribution in [-0.2, 0) is 10.0 Å². The number of thiophene rings is 1. The molecule has 0 atom stereocenters. The number of fused-ring (bicyclic) bond motifs is 1. The molecule has 0 saturated carbocycles. The Bertz CT molecular complexity index is 1100. The molecular formula is C15H18N6O3S2. The summed E-state index contributed by atoms with van der Waals surface area (Å²) in [5.41, 5.74) is 1.44. The maximum Gasteiger partial charge on any atom is 0.287 e. The van der Waals surface area contributed by atoms with Crippen LogP contribution in [0.1, 0.15) is 30.3 Å². The highest BCUT2D eigenvalue weighted by Crippen LogP contribution is 2.28. The van der Waals surface area contributed by atoms with Gasteiger partial charge >= 0.3 is 0 Å².